The molecule has 8 nitrogen and oxygen atoms in total. The van der Waals surface area contributed by atoms with E-state index in [9.17, 15) is 24.1 Å². The summed E-state index contributed by atoms with van der Waals surface area (Å²) < 4.78 is 19.7. The molecule has 0 radical (unpaired) electrons. The summed E-state index contributed by atoms with van der Waals surface area (Å²) in [5.41, 5.74) is 0.467. The van der Waals surface area contributed by atoms with Crippen LogP contribution in [-0.4, -0.2) is 34.2 Å². The molecule has 1 heterocycles. The van der Waals surface area contributed by atoms with Crippen LogP contribution in [0, 0.1) is 15.9 Å². The van der Waals surface area contributed by atoms with Crippen molar-refractivity contribution in [3.8, 4) is 0 Å². The molecule has 0 saturated carbocycles. The van der Waals surface area contributed by atoms with Gasteiger partial charge in [0.25, 0.3) is 5.69 Å². The second-order valence-electron chi connectivity index (χ2n) is 6.37. The Morgan fingerprint density at radius 3 is 2.68 bits per heavy atom. The molecule has 3 rings (SSSR count). The molecule has 11 heteroatoms. The Morgan fingerprint density at radius 1 is 1.26 bits per heavy atom. The number of thioether (sulfide) groups is 1. The topological polar surface area (TPSA) is 104 Å². The number of hydrogen-bond donors (Lipinski definition) is 0. The second kappa shape index (κ2) is 10.3. The minimum atomic E-state index is -0.525. The molecule has 0 fully saturated rings. The second-order valence-corrected chi connectivity index (χ2v) is 8.54. The van der Waals surface area contributed by atoms with Gasteiger partial charge in [0.2, 0.25) is 5.91 Å². The molecule has 0 aliphatic heterocycles. The number of non-ortho nitro benzene ring substituents is 1. The number of thiazole rings is 1. The highest BCUT2D eigenvalue weighted by Crippen LogP contribution is 2.23. The van der Waals surface area contributed by atoms with Crippen LogP contribution in [0.4, 0.5) is 10.1 Å². The first kappa shape index (κ1) is 22.6. The Labute approximate surface area is 184 Å². The summed E-state index contributed by atoms with van der Waals surface area (Å²) in [6, 6.07) is 10.4. The monoisotopic (exact) mass is 463 g/mol. The molecule has 0 atom stereocenters. The van der Waals surface area contributed by atoms with E-state index in [4.69, 9.17) is 4.74 Å². The maximum Gasteiger partial charge on any atom is 0.325 e. The van der Waals surface area contributed by atoms with Crippen molar-refractivity contribution in [2.75, 3.05) is 12.9 Å². The number of nitrogens with zero attached hydrogens (tertiary/aromatic N) is 3. The fraction of sp³-hybridized carbons (Fsp3) is 0.250. The number of halogens is 1. The first-order valence-corrected chi connectivity index (χ1v) is 11.0. The Kier molecular flexibility index (Phi) is 7.53. The molecule has 0 saturated heterocycles. The lowest BCUT2D eigenvalue weighted by Crippen LogP contribution is -2.22. The van der Waals surface area contributed by atoms with Crippen molar-refractivity contribution in [3.63, 3.8) is 0 Å². The van der Waals surface area contributed by atoms with Gasteiger partial charge in [0, 0.05) is 23.4 Å². The smallest absolute Gasteiger partial charge is 0.325 e. The summed E-state index contributed by atoms with van der Waals surface area (Å²) in [6.45, 7) is -0.166. The van der Waals surface area contributed by atoms with Crippen LogP contribution < -0.4 is 4.80 Å². The van der Waals surface area contributed by atoms with E-state index in [1.54, 1.807) is 12.1 Å². The normalized spacial score (nSPS) is 11.6. The third-order valence-corrected chi connectivity index (χ3v) is 6.37. The highest BCUT2D eigenvalue weighted by atomic mass is 32.2. The van der Waals surface area contributed by atoms with Gasteiger partial charge in [-0.1, -0.05) is 11.3 Å². The minimum Gasteiger partial charge on any atom is -0.468 e. The summed E-state index contributed by atoms with van der Waals surface area (Å²) in [5.74, 6) is -0.525. The highest BCUT2D eigenvalue weighted by molar-refractivity contribution is 7.99. The number of benzene rings is 2. The number of methoxy groups -OCH3 is 1. The van der Waals surface area contributed by atoms with Gasteiger partial charge < -0.3 is 9.30 Å². The number of carbonyl (C=O) groups excluding carboxylic acids is 2. The Bertz CT molecular complexity index is 1190. The number of fused-ring (bicyclic) bond motifs is 1. The lowest BCUT2D eigenvalue weighted by atomic mass is 10.3. The molecule has 31 heavy (non-hydrogen) atoms. The lowest BCUT2D eigenvalue weighted by Gasteiger charge is -2.03. The van der Waals surface area contributed by atoms with Gasteiger partial charge in [-0.3, -0.25) is 19.7 Å². The van der Waals surface area contributed by atoms with Gasteiger partial charge in [0.15, 0.2) is 4.80 Å². The van der Waals surface area contributed by atoms with E-state index in [1.807, 2.05) is 0 Å². The minimum absolute atomic E-state index is 0.0883. The van der Waals surface area contributed by atoms with Gasteiger partial charge >= 0.3 is 5.97 Å². The van der Waals surface area contributed by atoms with Gasteiger partial charge in [0.05, 0.1) is 22.2 Å². The fourth-order valence-corrected chi connectivity index (χ4v) is 4.65. The number of aromatic nitrogens is 1. The van der Waals surface area contributed by atoms with E-state index in [1.165, 1.54) is 53.8 Å². The molecule has 0 N–H and O–H groups in total. The molecule has 0 unspecified atom stereocenters. The quantitative estimate of drug-likeness (QED) is 0.165. The van der Waals surface area contributed by atoms with Crippen LogP contribution in [0.3, 0.4) is 0 Å². The van der Waals surface area contributed by atoms with Crippen LogP contribution in [0.15, 0.2) is 52.4 Å². The van der Waals surface area contributed by atoms with Crippen LogP contribution in [0.2, 0.25) is 0 Å². The Morgan fingerprint density at radius 2 is 2.00 bits per heavy atom. The zero-order valence-corrected chi connectivity index (χ0v) is 18.1. The highest BCUT2D eigenvalue weighted by Gasteiger charge is 2.15. The van der Waals surface area contributed by atoms with Crippen LogP contribution in [0.25, 0.3) is 10.2 Å². The molecular weight excluding hydrogens is 445 g/mol. The summed E-state index contributed by atoms with van der Waals surface area (Å²) in [5, 5.41) is 11.0. The van der Waals surface area contributed by atoms with E-state index in [0.717, 1.165) is 16.2 Å². The van der Waals surface area contributed by atoms with Crippen LogP contribution in [0.5, 0.6) is 0 Å². The molecular formula is C20H18FN3O5S2. The lowest BCUT2D eigenvalue weighted by molar-refractivity contribution is -0.384. The summed E-state index contributed by atoms with van der Waals surface area (Å²) in [4.78, 5) is 40.0. The maximum absolute atomic E-state index is 12.9. The number of ether oxygens (including phenoxy) is 1. The van der Waals surface area contributed by atoms with Gasteiger partial charge in [0.1, 0.15) is 12.4 Å². The third-order valence-electron chi connectivity index (χ3n) is 4.23. The van der Waals surface area contributed by atoms with E-state index in [0.29, 0.717) is 22.4 Å². The molecule has 0 bridgehead atoms. The van der Waals surface area contributed by atoms with Gasteiger partial charge in [-0.2, -0.15) is 4.99 Å². The zero-order valence-electron chi connectivity index (χ0n) is 16.4. The number of rotatable bonds is 8. The van der Waals surface area contributed by atoms with Crippen LogP contribution in [0.1, 0.15) is 12.8 Å². The standard InChI is InChI=1S/C20H18FN3O5S2/c1-29-19(26)12-23-16-9-6-14(24(27)28)11-17(16)31-20(23)22-18(25)3-2-10-30-15-7-4-13(21)5-8-15/h4-9,11H,2-3,10,12H2,1H3. The van der Waals surface area contributed by atoms with Gasteiger partial charge in [-0.25, -0.2) is 4.39 Å². The molecule has 0 aliphatic carbocycles. The summed E-state index contributed by atoms with van der Waals surface area (Å²) in [6.07, 6.45) is 0.762. The Hall–Kier alpha value is -3.05. The van der Waals surface area contributed by atoms with E-state index < -0.39 is 10.9 Å². The van der Waals surface area contributed by atoms with E-state index in [2.05, 4.69) is 4.99 Å². The van der Waals surface area contributed by atoms with Crippen molar-refractivity contribution < 1.29 is 23.6 Å². The van der Waals surface area contributed by atoms with Crippen molar-refractivity contribution in [3.05, 3.63) is 63.2 Å². The van der Waals surface area contributed by atoms with E-state index >= 15 is 0 Å². The number of nitro groups is 1. The van der Waals surface area contributed by atoms with Crippen molar-refractivity contribution in [2.24, 2.45) is 4.99 Å². The third kappa shape index (κ3) is 5.98. The number of nitro benzene ring substituents is 1. The average molecular weight is 464 g/mol. The average Bonchev–Trinajstić information content (AvgIpc) is 3.08. The maximum atomic E-state index is 12.9. The molecule has 162 valence electrons. The first-order chi connectivity index (χ1) is 14.9. The van der Waals surface area contributed by atoms with Crippen LogP contribution in [-0.2, 0) is 20.9 Å². The SMILES string of the molecule is COC(=O)Cn1c(=NC(=O)CCCSc2ccc(F)cc2)sc2cc([N+](=O)[O-])ccc21. The number of hydrogen-bond acceptors (Lipinski definition) is 7. The molecule has 1 aromatic heterocycles. The number of carbonyl (C=O) groups is 2. The largest absolute Gasteiger partial charge is 0.468 e. The Balaban J connectivity index is 1.75. The van der Waals surface area contributed by atoms with Crippen molar-refractivity contribution in [2.45, 2.75) is 24.3 Å². The molecule has 0 aliphatic rings. The van der Waals surface area contributed by atoms with Crippen LogP contribution >= 0.6 is 23.1 Å². The van der Waals surface area contributed by atoms with E-state index in [-0.39, 0.29) is 35.2 Å². The predicted molar refractivity (Wildman–Crippen MR) is 115 cm³/mol. The number of amides is 1. The van der Waals surface area contributed by atoms with Crippen molar-refractivity contribution in [1.29, 1.82) is 0 Å². The molecule has 1 amide bonds. The molecule has 2 aromatic carbocycles. The van der Waals surface area contributed by atoms with Crippen molar-refractivity contribution >= 4 is 50.9 Å². The fourth-order valence-electron chi connectivity index (χ4n) is 2.71. The summed E-state index contributed by atoms with van der Waals surface area (Å²) >= 11 is 2.61. The van der Waals surface area contributed by atoms with Gasteiger partial charge in [-0.05, 0) is 42.5 Å². The predicted octanol–water partition coefficient (Wildman–Crippen LogP) is 3.92. The zero-order chi connectivity index (χ0) is 22.4. The van der Waals surface area contributed by atoms with Crippen molar-refractivity contribution in [1.82, 2.24) is 4.57 Å². The molecule has 3 aromatic rings. The van der Waals surface area contributed by atoms with Gasteiger partial charge in [-0.15, -0.1) is 11.8 Å². The first-order valence-electron chi connectivity index (χ1n) is 9.18. The number of esters is 1. The summed E-state index contributed by atoms with van der Waals surface area (Å²) in [7, 11) is 1.25. The molecule has 0 spiro atoms.